The van der Waals surface area contributed by atoms with E-state index in [2.05, 4.69) is 16.0 Å². The number of hydrogen-bond donors (Lipinski definition) is 3. The molecule has 0 fully saturated rings. The Morgan fingerprint density at radius 3 is 2.36 bits per heavy atom. The number of thiophene rings is 2. The predicted molar refractivity (Wildman–Crippen MR) is 157 cm³/mol. The fourth-order valence-electron chi connectivity index (χ4n) is 4.00. The van der Waals surface area contributed by atoms with Crippen LogP contribution in [0.4, 0.5) is 11.4 Å². The zero-order chi connectivity index (χ0) is 27.2. The number of fused-ring (bicyclic) bond motifs is 1. The van der Waals surface area contributed by atoms with Crippen LogP contribution in [0.2, 0.25) is 0 Å². The van der Waals surface area contributed by atoms with Crippen molar-refractivity contribution in [2.75, 3.05) is 10.6 Å². The third-order valence-electron chi connectivity index (χ3n) is 5.78. The van der Waals surface area contributed by atoms with Gasteiger partial charge >= 0.3 is 0 Å². The number of hydrogen-bond acceptors (Lipinski definition) is 6. The van der Waals surface area contributed by atoms with Crippen molar-refractivity contribution in [2.45, 2.75) is 20.1 Å². The monoisotopic (exact) mass is 555 g/mol. The summed E-state index contributed by atoms with van der Waals surface area (Å²) in [5.41, 5.74) is 3.10. The van der Waals surface area contributed by atoms with Crippen LogP contribution in [0.25, 0.3) is 10.1 Å². The number of amides is 3. The van der Waals surface area contributed by atoms with Gasteiger partial charge in [0.2, 0.25) is 5.91 Å². The Kier molecular flexibility index (Phi) is 8.00. The highest BCUT2D eigenvalue weighted by Gasteiger charge is 2.21. The van der Waals surface area contributed by atoms with E-state index in [1.165, 1.54) is 29.6 Å². The van der Waals surface area contributed by atoms with Gasteiger partial charge in [-0.05, 0) is 52.9 Å². The highest BCUT2D eigenvalue weighted by atomic mass is 32.1. The van der Waals surface area contributed by atoms with Crippen LogP contribution in [0.3, 0.4) is 0 Å². The molecule has 0 unspecified atom stereocenters. The lowest BCUT2D eigenvalue weighted by molar-refractivity contribution is -0.114. The summed E-state index contributed by atoms with van der Waals surface area (Å²) in [6, 6.07) is 26.2. The molecule has 3 N–H and O–H groups in total. The maximum absolute atomic E-state index is 13.4. The summed E-state index contributed by atoms with van der Waals surface area (Å²) in [6.45, 7) is 2.01. The summed E-state index contributed by atoms with van der Waals surface area (Å²) in [6.07, 6.45) is 0. The molecule has 39 heavy (non-hydrogen) atoms. The van der Waals surface area contributed by atoms with Crippen LogP contribution in [-0.2, 0) is 17.9 Å². The number of ether oxygens (including phenoxy) is 1. The summed E-state index contributed by atoms with van der Waals surface area (Å²) in [4.78, 5) is 38.5. The van der Waals surface area contributed by atoms with Crippen LogP contribution in [-0.4, -0.2) is 17.7 Å². The Bertz CT molecular complexity index is 1630. The SMILES string of the molecule is CC(=O)Nc1ccc2sc(C(=O)NCc3cccc(NC(=O)c4cccs4)c3)c(OCc3ccccc3)c2c1. The first kappa shape index (κ1) is 26.1. The van der Waals surface area contributed by atoms with Gasteiger partial charge in [0.15, 0.2) is 5.75 Å². The quantitative estimate of drug-likeness (QED) is 0.189. The molecule has 5 rings (SSSR count). The molecule has 0 radical (unpaired) electrons. The summed E-state index contributed by atoms with van der Waals surface area (Å²) < 4.78 is 7.07. The van der Waals surface area contributed by atoms with Crippen molar-refractivity contribution < 1.29 is 19.1 Å². The van der Waals surface area contributed by atoms with Crippen LogP contribution in [0, 0.1) is 0 Å². The van der Waals surface area contributed by atoms with E-state index >= 15 is 0 Å². The van der Waals surface area contributed by atoms with Crippen molar-refractivity contribution >= 4 is 61.9 Å². The molecule has 0 saturated heterocycles. The van der Waals surface area contributed by atoms with E-state index in [1.807, 2.05) is 78.2 Å². The van der Waals surface area contributed by atoms with Gasteiger partial charge in [-0.15, -0.1) is 22.7 Å². The molecular formula is C30H25N3O4S2. The van der Waals surface area contributed by atoms with Crippen LogP contribution in [0.1, 0.15) is 37.4 Å². The summed E-state index contributed by atoms with van der Waals surface area (Å²) in [5.74, 6) is -0.146. The average Bonchev–Trinajstić information content (AvgIpc) is 3.60. The number of carbonyl (C=O) groups excluding carboxylic acids is 3. The fraction of sp³-hybridized carbons (Fsp3) is 0.100. The topological polar surface area (TPSA) is 96.5 Å². The third kappa shape index (κ3) is 6.51. The largest absolute Gasteiger partial charge is 0.487 e. The first-order chi connectivity index (χ1) is 19.0. The molecule has 3 amide bonds. The smallest absolute Gasteiger partial charge is 0.265 e. The Balaban J connectivity index is 1.35. The van der Waals surface area contributed by atoms with E-state index in [0.717, 1.165) is 21.2 Å². The van der Waals surface area contributed by atoms with Gasteiger partial charge in [0.1, 0.15) is 11.5 Å². The second-order valence-electron chi connectivity index (χ2n) is 8.74. The number of benzene rings is 3. The molecule has 3 aromatic carbocycles. The molecule has 2 heterocycles. The van der Waals surface area contributed by atoms with Crippen molar-refractivity contribution in [1.29, 1.82) is 0 Å². The zero-order valence-electron chi connectivity index (χ0n) is 21.0. The van der Waals surface area contributed by atoms with E-state index in [4.69, 9.17) is 4.74 Å². The van der Waals surface area contributed by atoms with E-state index in [1.54, 1.807) is 12.1 Å². The van der Waals surface area contributed by atoms with Gasteiger partial charge in [0.25, 0.3) is 11.8 Å². The van der Waals surface area contributed by atoms with E-state index in [0.29, 0.717) is 33.5 Å². The van der Waals surface area contributed by atoms with Gasteiger partial charge in [-0.25, -0.2) is 0 Å². The first-order valence-electron chi connectivity index (χ1n) is 12.2. The van der Waals surface area contributed by atoms with Gasteiger partial charge in [-0.2, -0.15) is 0 Å². The lowest BCUT2D eigenvalue weighted by Crippen LogP contribution is -2.22. The second kappa shape index (κ2) is 11.9. The Hall–Kier alpha value is -4.47. The van der Waals surface area contributed by atoms with Crippen LogP contribution < -0.4 is 20.7 Å². The first-order valence-corrected chi connectivity index (χ1v) is 13.9. The van der Waals surface area contributed by atoms with Gasteiger partial charge in [-0.1, -0.05) is 48.5 Å². The molecule has 0 aliphatic carbocycles. The standard InChI is InChI=1S/C30H25N3O4S2/c1-19(34)32-23-12-13-25-24(16-23)27(37-18-20-7-3-2-4-8-20)28(39-25)30(36)31-17-21-9-5-10-22(15-21)33-29(35)26-11-6-14-38-26/h2-16H,17-18H2,1H3,(H,31,36)(H,32,34)(H,33,35). The molecule has 0 bridgehead atoms. The van der Waals surface area contributed by atoms with E-state index < -0.39 is 0 Å². The Morgan fingerprint density at radius 1 is 0.795 bits per heavy atom. The molecule has 2 aromatic heterocycles. The molecule has 0 saturated carbocycles. The number of anilines is 2. The highest BCUT2D eigenvalue weighted by molar-refractivity contribution is 7.21. The van der Waals surface area contributed by atoms with Crippen LogP contribution in [0.5, 0.6) is 5.75 Å². The number of rotatable bonds is 9. The summed E-state index contributed by atoms with van der Waals surface area (Å²) in [7, 11) is 0. The Morgan fingerprint density at radius 2 is 1.59 bits per heavy atom. The fourth-order valence-corrected chi connectivity index (χ4v) is 5.66. The lowest BCUT2D eigenvalue weighted by Gasteiger charge is -2.10. The van der Waals surface area contributed by atoms with Gasteiger partial charge in [-0.3, -0.25) is 14.4 Å². The van der Waals surface area contributed by atoms with Crippen LogP contribution >= 0.6 is 22.7 Å². The van der Waals surface area contributed by atoms with Gasteiger partial charge in [0, 0.05) is 34.9 Å². The van der Waals surface area contributed by atoms with Crippen molar-refractivity contribution in [2.24, 2.45) is 0 Å². The molecule has 0 aliphatic rings. The van der Waals surface area contributed by atoms with Crippen molar-refractivity contribution in [3.63, 3.8) is 0 Å². The minimum atomic E-state index is -0.270. The van der Waals surface area contributed by atoms with E-state index in [-0.39, 0.29) is 24.3 Å². The van der Waals surface area contributed by atoms with Crippen LogP contribution in [0.15, 0.2) is 90.3 Å². The lowest BCUT2D eigenvalue weighted by atomic mass is 10.2. The molecule has 0 spiro atoms. The van der Waals surface area contributed by atoms with E-state index in [9.17, 15) is 14.4 Å². The number of carbonyl (C=O) groups is 3. The maximum atomic E-state index is 13.4. The molecule has 5 aromatic rings. The highest BCUT2D eigenvalue weighted by Crippen LogP contribution is 2.40. The van der Waals surface area contributed by atoms with Crippen molar-refractivity contribution in [3.05, 3.63) is 111 Å². The van der Waals surface area contributed by atoms with Crippen molar-refractivity contribution in [3.8, 4) is 5.75 Å². The molecule has 0 aliphatic heterocycles. The normalized spacial score (nSPS) is 10.7. The molecule has 0 atom stereocenters. The molecule has 7 nitrogen and oxygen atoms in total. The van der Waals surface area contributed by atoms with Gasteiger partial charge in [0.05, 0.1) is 4.88 Å². The average molecular weight is 556 g/mol. The van der Waals surface area contributed by atoms with Gasteiger partial charge < -0.3 is 20.7 Å². The predicted octanol–water partition coefficient (Wildman–Crippen LogP) is 6.68. The minimum Gasteiger partial charge on any atom is -0.487 e. The maximum Gasteiger partial charge on any atom is 0.265 e. The molecular weight excluding hydrogens is 530 g/mol. The van der Waals surface area contributed by atoms with Crippen molar-refractivity contribution in [1.82, 2.24) is 5.32 Å². The third-order valence-corrected chi connectivity index (χ3v) is 7.80. The molecule has 9 heteroatoms. The number of nitrogens with one attached hydrogen (secondary N) is 3. The Labute approximate surface area is 233 Å². The molecule has 196 valence electrons. The summed E-state index contributed by atoms with van der Waals surface area (Å²) >= 11 is 2.71. The zero-order valence-corrected chi connectivity index (χ0v) is 22.7. The second-order valence-corrected chi connectivity index (χ2v) is 10.7. The summed E-state index contributed by atoms with van der Waals surface area (Å²) in [5, 5.41) is 11.3. The minimum absolute atomic E-state index is 0.171.